The molecule has 8 heteroatoms. The zero-order valence-electron chi connectivity index (χ0n) is 17.9. The minimum atomic E-state index is -0.145. The summed E-state index contributed by atoms with van der Waals surface area (Å²) in [6.45, 7) is 6.85. The first kappa shape index (κ1) is 23.0. The van der Waals surface area contributed by atoms with Crippen molar-refractivity contribution in [2.24, 2.45) is 4.99 Å². The van der Waals surface area contributed by atoms with E-state index >= 15 is 0 Å². The number of aromatic nitrogens is 1. The molecule has 2 rings (SSSR count). The predicted molar refractivity (Wildman–Crippen MR) is 118 cm³/mol. The fraction of sp³-hybridized carbons (Fsp3) is 0.409. The number of ether oxygens (including phenoxy) is 2. The monoisotopic (exact) mass is 413 g/mol. The van der Waals surface area contributed by atoms with Gasteiger partial charge < -0.3 is 25.4 Å². The van der Waals surface area contributed by atoms with Crippen molar-refractivity contribution < 1.29 is 14.3 Å². The van der Waals surface area contributed by atoms with E-state index in [4.69, 9.17) is 9.47 Å². The summed E-state index contributed by atoms with van der Waals surface area (Å²) >= 11 is 0. The predicted octanol–water partition coefficient (Wildman–Crippen LogP) is 2.02. The third-order valence-corrected chi connectivity index (χ3v) is 4.16. The van der Waals surface area contributed by atoms with Crippen LogP contribution in [0.1, 0.15) is 29.8 Å². The van der Waals surface area contributed by atoms with Crippen LogP contribution in [-0.4, -0.2) is 56.7 Å². The Labute approximate surface area is 178 Å². The number of rotatable bonds is 11. The van der Waals surface area contributed by atoms with Crippen LogP contribution >= 0.6 is 0 Å². The summed E-state index contributed by atoms with van der Waals surface area (Å²) in [7, 11) is 1.72. The number of nitrogens with one attached hydrogen (secondary N) is 3. The maximum absolute atomic E-state index is 12.0. The summed E-state index contributed by atoms with van der Waals surface area (Å²) in [4.78, 5) is 20.1. The van der Waals surface area contributed by atoms with Crippen molar-refractivity contribution >= 4 is 11.9 Å². The molecule has 1 heterocycles. The van der Waals surface area contributed by atoms with Gasteiger partial charge in [-0.3, -0.25) is 14.8 Å². The van der Waals surface area contributed by atoms with Gasteiger partial charge in [0, 0.05) is 39.1 Å². The summed E-state index contributed by atoms with van der Waals surface area (Å²) < 4.78 is 11.3. The molecular weight excluding hydrogens is 382 g/mol. The molecule has 2 aromatic rings. The van der Waals surface area contributed by atoms with E-state index in [9.17, 15) is 4.79 Å². The largest absolute Gasteiger partial charge is 0.490 e. The van der Waals surface area contributed by atoms with E-state index in [1.165, 1.54) is 0 Å². The molecule has 162 valence electrons. The van der Waals surface area contributed by atoms with Crippen molar-refractivity contribution in [1.82, 2.24) is 20.9 Å². The zero-order valence-corrected chi connectivity index (χ0v) is 17.9. The lowest BCUT2D eigenvalue weighted by Gasteiger charge is -2.14. The van der Waals surface area contributed by atoms with Gasteiger partial charge in [-0.1, -0.05) is 6.07 Å². The molecule has 0 aliphatic rings. The van der Waals surface area contributed by atoms with Gasteiger partial charge >= 0.3 is 0 Å². The first-order chi connectivity index (χ1) is 14.7. The van der Waals surface area contributed by atoms with Crippen molar-refractivity contribution in [2.45, 2.75) is 20.3 Å². The van der Waals surface area contributed by atoms with Gasteiger partial charge in [0.15, 0.2) is 17.5 Å². The van der Waals surface area contributed by atoms with Gasteiger partial charge in [0.2, 0.25) is 0 Å². The van der Waals surface area contributed by atoms with E-state index < -0.39 is 0 Å². The Morgan fingerprint density at radius 3 is 2.43 bits per heavy atom. The second-order valence-corrected chi connectivity index (χ2v) is 6.32. The summed E-state index contributed by atoms with van der Waals surface area (Å²) in [5.41, 5.74) is 1.69. The van der Waals surface area contributed by atoms with Crippen LogP contribution < -0.4 is 25.4 Å². The van der Waals surface area contributed by atoms with Crippen molar-refractivity contribution in [3.05, 3.63) is 53.9 Å². The summed E-state index contributed by atoms with van der Waals surface area (Å²) in [6, 6.07) is 9.47. The van der Waals surface area contributed by atoms with Gasteiger partial charge in [-0.25, -0.2) is 0 Å². The van der Waals surface area contributed by atoms with E-state index in [0.29, 0.717) is 44.4 Å². The molecule has 0 fully saturated rings. The lowest BCUT2D eigenvalue weighted by molar-refractivity contribution is 0.0954. The third-order valence-electron chi connectivity index (χ3n) is 4.16. The molecule has 1 aromatic carbocycles. The highest BCUT2D eigenvalue weighted by atomic mass is 16.5. The molecule has 3 N–H and O–H groups in total. The van der Waals surface area contributed by atoms with E-state index in [0.717, 1.165) is 23.5 Å². The summed E-state index contributed by atoms with van der Waals surface area (Å²) in [5.74, 6) is 2.07. The third kappa shape index (κ3) is 7.62. The number of hydrogen-bond acceptors (Lipinski definition) is 5. The number of amides is 1. The molecule has 0 aliphatic carbocycles. The topological polar surface area (TPSA) is 96.9 Å². The second kappa shape index (κ2) is 13.0. The number of guanidine groups is 1. The number of benzene rings is 1. The van der Waals surface area contributed by atoms with Crippen LogP contribution in [0.5, 0.6) is 11.5 Å². The standard InChI is InChI=1S/C22H31N5O3/c1-4-29-19-9-8-17(15-20(19)30-5-2)10-12-26-22(23-3)27-14-13-25-21(28)18-7-6-11-24-16-18/h6-9,11,15-16H,4-5,10,12-14H2,1-3H3,(H,25,28)(H2,23,26,27). The molecule has 0 saturated carbocycles. The molecule has 30 heavy (non-hydrogen) atoms. The SMILES string of the molecule is CCOc1ccc(CCNC(=NC)NCCNC(=O)c2cccnc2)cc1OCC. The molecule has 0 atom stereocenters. The van der Waals surface area contributed by atoms with Crippen LogP contribution in [0.2, 0.25) is 0 Å². The molecule has 0 saturated heterocycles. The Morgan fingerprint density at radius 1 is 1.00 bits per heavy atom. The maximum atomic E-state index is 12.0. The van der Waals surface area contributed by atoms with E-state index in [-0.39, 0.29) is 5.91 Å². The molecule has 0 spiro atoms. The van der Waals surface area contributed by atoms with Gasteiger partial charge in [0.05, 0.1) is 18.8 Å². The highest BCUT2D eigenvalue weighted by Crippen LogP contribution is 2.28. The lowest BCUT2D eigenvalue weighted by atomic mass is 10.1. The lowest BCUT2D eigenvalue weighted by Crippen LogP contribution is -2.42. The highest BCUT2D eigenvalue weighted by Gasteiger charge is 2.07. The summed E-state index contributed by atoms with van der Waals surface area (Å²) in [5, 5.41) is 9.30. The van der Waals surface area contributed by atoms with Crippen LogP contribution in [0.4, 0.5) is 0 Å². The zero-order chi connectivity index (χ0) is 21.6. The normalized spacial score (nSPS) is 11.0. The van der Waals surface area contributed by atoms with Gasteiger partial charge in [0.25, 0.3) is 5.91 Å². The van der Waals surface area contributed by atoms with Crippen LogP contribution in [0.25, 0.3) is 0 Å². The Morgan fingerprint density at radius 2 is 1.73 bits per heavy atom. The Balaban J connectivity index is 1.72. The van der Waals surface area contributed by atoms with Gasteiger partial charge in [-0.2, -0.15) is 0 Å². The summed E-state index contributed by atoms with van der Waals surface area (Å²) in [6.07, 6.45) is 3.99. The van der Waals surface area contributed by atoms with Crippen molar-refractivity contribution in [1.29, 1.82) is 0 Å². The average Bonchev–Trinajstić information content (AvgIpc) is 2.77. The molecule has 0 radical (unpaired) electrons. The van der Waals surface area contributed by atoms with Crippen molar-refractivity contribution in [2.75, 3.05) is 39.9 Å². The van der Waals surface area contributed by atoms with Crippen LogP contribution in [0, 0.1) is 0 Å². The molecular formula is C22H31N5O3. The van der Waals surface area contributed by atoms with Crippen molar-refractivity contribution in [3.63, 3.8) is 0 Å². The maximum Gasteiger partial charge on any atom is 0.252 e. The van der Waals surface area contributed by atoms with Crippen LogP contribution in [0.3, 0.4) is 0 Å². The number of carbonyl (C=O) groups excluding carboxylic acids is 1. The smallest absolute Gasteiger partial charge is 0.252 e. The first-order valence-electron chi connectivity index (χ1n) is 10.2. The van der Waals surface area contributed by atoms with E-state index in [2.05, 4.69) is 25.9 Å². The van der Waals surface area contributed by atoms with Crippen LogP contribution in [0.15, 0.2) is 47.7 Å². The van der Waals surface area contributed by atoms with Gasteiger partial charge in [-0.05, 0) is 50.1 Å². The van der Waals surface area contributed by atoms with Gasteiger partial charge in [0.1, 0.15) is 0 Å². The van der Waals surface area contributed by atoms with E-state index in [1.807, 2.05) is 32.0 Å². The minimum absolute atomic E-state index is 0.145. The molecule has 1 aromatic heterocycles. The van der Waals surface area contributed by atoms with E-state index in [1.54, 1.807) is 31.6 Å². The molecule has 8 nitrogen and oxygen atoms in total. The second-order valence-electron chi connectivity index (χ2n) is 6.32. The molecule has 0 aliphatic heterocycles. The molecule has 0 bridgehead atoms. The Hall–Kier alpha value is -3.29. The van der Waals surface area contributed by atoms with Crippen molar-refractivity contribution in [3.8, 4) is 11.5 Å². The average molecular weight is 414 g/mol. The number of nitrogens with zero attached hydrogens (tertiary/aromatic N) is 2. The molecule has 0 unspecified atom stereocenters. The number of pyridine rings is 1. The highest BCUT2D eigenvalue weighted by molar-refractivity contribution is 5.93. The number of hydrogen-bond donors (Lipinski definition) is 3. The number of carbonyl (C=O) groups is 1. The fourth-order valence-corrected chi connectivity index (χ4v) is 2.75. The molecule has 1 amide bonds. The van der Waals surface area contributed by atoms with Gasteiger partial charge in [-0.15, -0.1) is 0 Å². The number of aliphatic imine (C=N–C) groups is 1. The minimum Gasteiger partial charge on any atom is -0.490 e. The quantitative estimate of drug-likeness (QED) is 0.296. The first-order valence-corrected chi connectivity index (χ1v) is 10.2. The Bertz CT molecular complexity index is 812. The fourth-order valence-electron chi connectivity index (χ4n) is 2.75. The van der Waals surface area contributed by atoms with Crippen LogP contribution in [-0.2, 0) is 6.42 Å². The Kier molecular flexibility index (Phi) is 9.99.